The number of rotatable bonds is 3. The summed E-state index contributed by atoms with van der Waals surface area (Å²) in [6.07, 6.45) is -5.91. The third kappa shape index (κ3) is 2.64. The molecule has 0 bridgehead atoms. The molecule has 3 aromatic rings. The average Bonchev–Trinajstić information content (AvgIpc) is 3.02. The van der Waals surface area contributed by atoms with Gasteiger partial charge in [-0.05, 0) is 12.1 Å². The number of alkyl halides is 3. The summed E-state index contributed by atoms with van der Waals surface area (Å²) >= 11 is 0. The van der Waals surface area contributed by atoms with Crippen molar-refractivity contribution >= 4 is 16.8 Å². The van der Waals surface area contributed by atoms with Gasteiger partial charge in [-0.25, -0.2) is 0 Å². The number of benzene rings is 1. The van der Waals surface area contributed by atoms with Crippen molar-refractivity contribution in [2.24, 2.45) is 0 Å². The number of hydrogen-bond acceptors (Lipinski definition) is 5. The van der Waals surface area contributed by atoms with Crippen LogP contribution in [0.15, 0.2) is 39.3 Å². The van der Waals surface area contributed by atoms with E-state index in [1.165, 1.54) is 0 Å². The number of aromatic nitrogens is 2. The Morgan fingerprint density at radius 2 is 2.00 bits per heavy atom. The van der Waals surface area contributed by atoms with Crippen molar-refractivity contribution in [1.82, 2.24) is 10.1 Å². The lowest BCUT2D eigenvalue weighted by Crippen LogP contribution is -2.24. The summed E-state index contributed by atoms with van der Waals surface area (Å²) in [6.45, 7) is 0. The van der Waals surface area contributed by atoms with Gasteiger partial charge < -0.3 is 8.94 Å². The van der Waals surface area contributed by atoms with Gasteiger partial charge in [-0.15, -0.1) is 0 Å². The Morgan fingerprint density at radius 1 is 1.24 bits per heavy atom. The fourth-order valence-corrected chi connectivity index (χ4v) is 1.76. The van der Waals surface area contributed by atoms with Crippen LogP contribution < -0.4 is 0 Å². The summed E-state index contributed by atoms with van der Waals surface area (Å²) in [4.78, 5) is 14.6. The second-order valence-corrected chi connectivity index (χ2v) is 4.26. The average molecular weight is 296 g/mol. The highest BCUT2D eigenvalue weighted by Gasteiger charge is 2.39. The summed E-state index contributed by atoms with van der Waals surface area (Å²) in [6, 6.07) is 8.75. The molecule has 0 aliphatic carbocycles. The Morgan fingerprint density at radius 3 is 2.71 bits per heavy atom. The molecule has 2 heterocycles. The molecule has 0 atom stereocenters. The normalized spacial score (nSPS) is 12.0. The summed E-state index contributed by atoms with van der Waals surface area (Å²) in [7, 11) is 0. The minimum Gasteiger partial charge on any atom is -0.453 e. The number of carbonyl (C=O) groups excluding carboxylic acids is 1. The molecule has 5 nitrogen and oxygen atoms in total. The van der Waals surface area contributed by atoms with E-state index in [-0.39, 0.29) is 11.6 Å². The molecular formula is C13H7F3N2O3. The molecule has 0 aliphatic rings. The van der Waals surface area contributed by atoms with Crippen LogP contribution >= 0.6 is 0 Å². The Hall–Kier alpha value is -2.64. The number of furan rings is 1. The molecule has 0 unspecified atom stereocenters. The van der Waals surface area contributed by atoms with Crippen molar-refractivity contribution in [1.29, 1.82) is 0 Å². The zero-order valence-corrected chi connectivity index (χ0v) is 10.3. The largest absolute Gasteiger partial charge is 0.453 e. The topological polar surface area (TPSA) is 69.1 Å². The van der Waals surface area contributed by atoms with Crippen LogP contribution in [0.4, 0.5) is 13.2 Å². The lowest BCUT2D eigenvalue weighted by atomic mass is 10.2. The molecule has 8 heteroatoms. The monoisotopic (exact) mass is 296 g/mol. The first-order chi connectivity index (χ1) is 9.93. The Labute approximate surface area is 115 Å². The van der Waals surface area contributed by atoms with Gasteiger partial charge in [0.2, 0.25) is 17.5 Å². The maximum atomic E-state index is 12.1. The van der Waals surface area contributed by atoms with Crippen molar-refractivity contribution in [2.45, 2.75) is 12.6 Å². The fraction of sp³-hybridized carbons (Fsp3) is 0.154. The molecular weight excluding hydrogens is 289 g/mol. The van der Waals surface area contributed by atoms with E-state index in [1.54, 1.807) is 24.3 Å². The molecule has 21 heavy (non-hydrogen) atoms. The predicted molar refractivity (Wildman–Crippen MR) is 64.3 cm³/mol. The van der Waals surface area contributed by atoms with Gasteiger partial charge in [0.05, 0.1) is 6.42 Å². The third-order valence-electron chi connectivity index (χ3n) is 2.74. The maximum absolute atomic E-state index is 12.1. The Kier molecular flexibility index (Phi) is 3.00. The van der Waals surface area contributed by atoms with E-state index >= 15 is 0 Å². The smallest absolute Gasteiger partial charge is 0.450 e. The number of Topliss-reactive ketones (excluding diaryl/α,β-unsaturated/α-hetero) is 1. The van der Waals surface area contributed by atoms with Gasteiger partial charge in [0.1, 0.15) is 5.58 Å². The zero-order chi connectivity index (χ0) is 15.0. The molecule has 3 rings (SSSR count). The SMILES string of the molecule is O=C(Cc1nc(-c2cc3ccccc3o2)no1)C(F)(F)F. The van der Waals surface area contributed by atoms with E-state index in [2.05, 4.69) is 14.7 Å². The Bertz CT molecular complexity index is 771. The highest BCUT2D eigenvalue weighted by atomic mass is 19.4. The van der Waals surface area contributed by atoms with E-state index in [4.69, 9.17) is 4.42 Å². The van der Waals surface area contributed by atoms with Crippen LogP contribution in [-0.4, -0.2) is 22.1 Å². The van der Waals surface area contributed by atoms with Crippen LogP contribution in [0.5, 0.6) is 0 Å². The number of fused-ring (bicyclic) bond motifs is 1. The van der Waals surface area contributed by atoms with E-state index in [0.717, 1.165) is 5.39 Å². The minimum absolute atomic E-state index is 0.00354. The standard InChI is InChI=1S/C13H7F3N2O3/c14-13(15,16)10(19)6-11-17-12(18-21-11)9-5-7-3-1-2-4-8(7)20-9/h1-5H,6H2. The van der Waals surface area contributed by atoms with Crippen LogP contribution in [0.25, 0.3) is 22.6 Å². The quantitative estimate of drug-likeness (QED) is 0.742. The molecule has 0 fully saturated rings. The van der Waals surface area contributed by atoms with Crippen molar-refractivity contribution in [3.63, 3.8) is 0 Å². The first-order valence-corrected chi connectivity index (χ1v) is 5.85. The molecule has 0 radical (unpaired) electrons. The first-order valence-electron chi connectivity index (χ1n) is 5.85. The van der Waals surface area contributed by atoms with E-state index in [1.807, 2.05) is 6.07 Å². The molecule has 1 aromatic carbocycles. The van der Waals surface area contributed by atoms with Gasteiger partial charge in [0.25, 0.3) is 0 Å². The van der Waals surface area contributed by atoms with Crippen LogP contribution in [0.3, 0.4) is 0 Å². The molecule has 0 saturated heterocycles. The van der Waals surface area contributed by atoms with Gasteiger partial charge in [0.15, 0.2) is 5.76 Å². The number of hydrogen-bond donors (Lipinski definition) is 0. The molecule has 0 amide bonds. The zero-order valence-electron chi connectivity index (χ0n) is 10.3. The molecule has 0 saturated carbocycles. The van der Waals surface area contributed by atoms with Gasteiger partial charge in [0, 0.05) is 5.39 Å². The number of nitrogens with zero attached hydrogens (tertiary/aromatic N) is 2. The van der Waals surface area contributed by atoms with Gasteiger partial charge in [-0.3, -0.25) is 4.79 Å². The first kappa shape index (κ1) is 13.3. The van der Waals surface area contributed by atoms with E-state index in [0.29, 0.717) is 5.58 Å². The number of ketones is 1. The summed E-state index contributed by atoms with van der Waals surface area (Å²) < 4.78 is 46.5. The molecule has 0 spiro atoms. The van der Waals surface area contributed by atoms with Gasteiger partial charge in [-0.2, -0.15) is 18.2 Å². The summed E-state index contributed by atoms with van der Waals surface area (Å²) in [5, 5.41) is 4.31. The molecule has 108 valence electrons. The van der Waals surface area contributed by atoms with Crippen LogP contribution in [0.1, 0.15) is 5.89 Å². The molecule has 0 N–H and O–H groups in total. The number of halogens is 3. The number of para-hydroxylation sites is 1. The summed E-state index contributed by atoms with van der Waals surface area (Å²) in [5.74, 6) is -2.10. The summed E-state index contributed by atoms with van der Waals surface area (Å²) in [5.41, 5.74) is 0.588. The minimum atomic E-state index is -4.92. The molecule has 2 aromatic heterocycles. The van der Waals surface area contributed by atoms with Crippen LogP contribution in [0, 0.1) is 0 Å². The van der Waals surface area contributed by atoms with Crippen LogP contribution in [0.2, 0.25) is 0 Å². The third-order valence-corrected chi connectivity index (χ3v) is 2.74. The van der Waals surface area contributed by atoms with E-state index < -0.39 is 24.3 Å². The van der Waals surface area contributed by atoms with Crippen LogP contribution in [-0.2, 0) is 11.2 Å². The van der Waals surface area contributed by atoms with Crippen molar-refractivity contribution in [3.05, 3.63) is 36.2 Å². The lowest BCUT2D eigenvalue weighted by molar-refractivity contribution is -0.170. The van der Waals surface area contributed by atoms with E-state index in [9.17, 15) is 18.0 Å². The van der Waals surface area contributed by atoms with Gasteiger partial charge in [-0.1, -0.05) is 23.4 Å². The highest BCUT2D eigenvalue weighted by Crippen LogP contribution is 2.26. The van der Waals surface area contributed by atoms with Crippen molar-refractivity contribution in [3.8, 4) is 11.6 Å². The predicted octanol–water partition coefficient (Wildman–Crippen LogP) is 3.16. The highest BCUT2D eigenvalue weighted by molar-refractivity contribution is 5.85. The Balaban J connectivity index is 1.86. The van der Waals surface area contributed by atoms with Gasteiger partial charge >= 0.3 is 6.18 Å². The molecule has 0 aliphatic heterocycles. The second kappa shape index (κ2) is 4.72. The van der Waals surface area contributed by atoms with Crippen molar-refractivity contribution in [2.75, 3.05) is 0 Å². The second-order valence-electron chi connectivity index (χ2n) is 4.26. The van der Waals surface area contributed by atoms with Crippen molar-refractivity contribution < 1.29 is 26.9 Å². The lowest BCUT2D eigenvalue weighted by Gasteiger charge is -2.00. The number of carbonyl (C=O) groups is 1. The fourth-order valence-electron chi connectivity index (χ4n) is 1.76. The maximum Gasteiger partial charge on any atom is 0.450 e.